The van der Waals surface area contributed by atoms with E-state index in [1.54, 1.807) is 6.07 Å². The third-order valence-corrected chi connectivity index (χ3v) is 3.04. The lowest BCUT2D eigenvalue weighted by Gasteiger charge is -2.13. The Bertz CT molecular complexity index is 635. The Labute approximate surface area is 111 Å². The summed E-state index contributed by atoms with van der Waals surface area (Å²) < 4.78 is 5.81. The van der Waals surface area contributed by atoms with Crippen LogP contribution in [0.4, 0.5) is 0 Å². The lowest BCUT2D eigenvalue weighted by molar-refractivity contribution is 0.0690. The Morgan fingerprint density at radius 1 is 1.16 bits per heavy atom. The van der Waals surface area contributed by atoms with Gasteiger partial charge < -0.3 is 9.84 Å². The van der Waals surface area contributed by atoms with Crippen LogP contribution in [0.5, 0.6) is 11.5 Å². The number of aromatic carboxylic acids is 1. The summed E-state index contributed by atoms with van der Waals surface area (Å²) in [5.41, 5.74) is 3.17. The van der Waals surface area contributed by atoms with Crippen LogP contribution in [0.15, 0.2) is 30.5 Å². The minimum absolute atomic E-state index is 0.0274. The van der Waals surface area contributed by atoms with Gasteiger partial charge in [0.15, 0.2) is 5.69 Å². The molecule has 1 aromatic heterocycles. The fraction of sp³-hybridized carbons (Fsp3) is 0.200. The standard InChI is InChI=1S/C15H15NO3/c1-9-4-5-10(2)14(11(9)3)19-12-6-7-16-13(8-12)15(17)18/h4-8H,1-3H3,(H,17,18). The molecule has 0 aliphatic rings. The van der Waals surface area contributed by atoms with E-state index in [-0.39, 0.29) is 5.69 Å². The summed E-state index contributed by atoms with van der Waals surface area (Å²) in [6.45, 7) is 5.95. The summed E-state index contributed by atoms with van der Waals surface area (Å²) in [4.78, 5) is 14.6. The van der Waals surface area contributed by atoms with Gasteiger partial charge in [-0.15, -0.1) is 0 Å². The van der Waals surface area contributed by atoms with Gasteiger partial charge in [0.2, 0.25) is 0 Å². The van der Waals surface area contributed by atoms with Crippen LogP contribution in [-0.4, -0.2) is 16.1 Å². The second-order valence-electron chi connectivity index (χ2n) is 4.44. The van der Waals surface area contributed by atoms with Gasteiger partial charge in [-0.25, -0.2) is 9.78 Å². The van der Waals surface area contributed by atoms with Crippen molar-refractivity contribution < 1.29 is 14.6 Å². The average Bonchev–Trinajstić information content (AvgIpc) is 2.39. The molecular weight excluding hydrogens is 242 g/mol. The van der Waals surface area contributed by atoms with E-state index >= 15 is 0 Å². The van der Waals surface area contributed by atoms with Crippen LogP contribution in [0.25, 0.3) is 0 Å². The molecule has 1 aromatic carbocycles. The molecule has 4 heteroatoms. The van der Waals surface area contributed by atoms with Crippen molar-refractivity contribution in [3.63, 3.8) is 0 Å². The topological polar surface area (TPSA) is 59.4 Å². The second kappa shape index (κ2) is 5.10. The fourth-order valence-corrected chi connectivity index (χ4v) is 1.79. The van der Waals surface area contributed by atoms with Gasteiger partial charge in [0.25, 0.3) is 0 Å². The molecule has 0 unspecified atom stereocenters. The Morgan fingerprint density at radius 2 is 1.84 bits per heavy atom. The van der Waals surface area contributed by atoms with Crippen molar-refractivity contribution in [2.45, 2.75) is 20.8 Å². The molecule has 2 aromatic rings. The van der Waals surface area contributed by atoms with E-state index in [0.717, 1.165) is 22.4 Å². The van der Waals surface area contributed by atoms with Gasteiger partial charge >= 0.3 is 5.97 Å². The fourth-order valence-electron chi connectivity index (χ4n) is 1.79. The minimum atomic E-state index is -1.07. The first-order valence-electron chi connectivity index (χ1n) is 5.93. The predicted octanol–water partition coefficient (Wildman–Crippen LogP) is 3.50. The highest BCUT2D eigenvalue weighted by atomic mass is 16.5. The van der Waals surface area contributed by atoms with Gasteiger partial charge in [-0.2, -0.15) is 0 Å². The molecule has 1 N–H and O–H groups in total. The van der Waals surface area contributed by atoms with Crippen molar-refractivity contribution in [2.24, 2.45) is 0 Å². The number of carboxylic acid groups (broad SMARTS) is 1. The molecule has 19 heavy (non-hydrogen) atoms. The van der Waals surface area contributed by atoms with Crippen molar-refractivity contribution in [3.8, 4) is 11.5 Å². The number of hydrogen-bond acceptors (Lipinski definition) is 3. The molecule has 0 saturated heterocycles. The first kappa shape index (κ1) is 13.1. The van der Waals surface area contributed by atoms with E-state index in [1.807, 2.05) is 32.9 Å². The Hall–Kier alpha value is -2.36. The number of ether oxygens (including phenoxy) is 1. The number of carbonyl (C=O) groups is 1. The Kier molecular flexibility index (Phi) is 3.51. The molecule has 4 nitrogen and oxygen atoms in total. The molecule has 2 rings (SSSR count). The first-order valence-corrected chi connectivity index (χ1v) is 5.93. The van der Waals surface area contributed by atoms with Crippen molar-refractivity contribution in [1.29, 1.82) is 0 Å². The molecular formula is C15H15NO3. The van der Waals surface area contributed by atoms with Crippen LogP contribution in [0.1, 0.15) is 27.2 Å². The number of carboxylic acids is 1. The molecule has 0 aliphatic carbocycles. The maximum absolute atomic E-state index is 10.9. The monoisotopic (exact) mass is 257 g/mol. The largest absolute Gasteiger partial charge is 0.477 e. The zero-order chi connectivity index (χ0) is 14.0. The highest BCUT2D eigenvalue weighted by Crippen LogP contribution is 2.30. The van der Waals surface area contributed by atoms with Crippen LogP contribution >= 0.6 is 0 Å². The highest BCUT2D eigenvalue weighted by Gasteiger charge is 2.10. The SMILES string of the molecule is Cc1ccc(C)c(Oc2ccnc(C(=O)O)c2)c1C. The number of pyridine rings is 1. The molecule has 0 bridgehead atoms. The molecule has 98 valence electrons. The minimum Gasteiger partial charge on any atom is -0.477 e. The Morgan fingerprint density at radius 3 is 2.53 bits per heavy atom. The summed E-state index contributed by atoms with van der Waals surface area (Å²) in [7, 11) is 0. The summed E-state index contributed by atoms with van der Waals surface area (Å²) in [5, 5.41) is 8.91. The average molecular weight is 257 g/mol. The smallest absolute Gasteiger partial charge is 0.354 e. The molecule has 0 fully saturated rings. The number of rotatable bonds is 3. The van der Waals surface area contributed by atoms with Crippen LogP contribution in [-0.2, 0) is 0 Å². The summed E-state index contributed by atoms with van der Waals surface area (Å²) in [6, 6.07) is 7.08. The molecule has 0 radical (unpaired) electrons. The number of aryl methyl sites for hydroxylation is 2. The Balaban J connectivity index is 2.39. The van der Waals surface area contributed by atoms with Crippen LogP contribution in [0.2, 0.25) is 0 Å². The van der Waals surface area contributed by atoms with Gasteiger partial charge in [0.05, 0.1) is 0 Å². The van der Waals surface area contributed by atoms with E-state index in [1.165, 1.54) is 12.3 Å². The highest BCUT2D eigenvalue weighted by molar-refractivity contribution is 5.85. The zero-order valence-electron chi connectivity index (χ0n) is 11.1. The molecule has 0 aliphatic heterocycles. The molecule has 0 spiro atoms. The van der Waals surface area contributed by atoms with E-state index in [0.29, 0.717) is 5.75 Å². The van der Waals surface area contributed by atoms with Crippen molar-refractivity contribution in [3.05, 3.63) is 52.8 Å². The lowest BCUT2D eigenvalue weighted by atomic mass is 10.1. The van der Waals surface area contributed by atoms with Gasteiger partial charge in [-0.05, 0) is 43.5 Å². The van der Waals surface area contributed by atoms with Gasteiger partial charge in [0, 0.05) is 12.3 Å². The van der Waals surface area contributed by atoms with Gasteiger partial charge in [-0.1, -0.05) is 12.1 Å². The van der Waals surface area contributed by atoms with E-state index in [9.17, 15) is 4.79 Å². The van der Waals surface area contributed by atoms with E-state index < -0.39 is 5.97 Å². The van der Waals surface area contributed by atoms with Crippen molar-refractivity contribution in [1.82, 2.24) is 4.98 Å². The third-order valence-electron chi connectivity index (χ3n) is 3.04. The van der Waals surface area contributed by atoms with E-state index in [4.69, 9.17) is 9.84 Å². The number of benzene rings is 1. The summed E-state index contributed by atoms with van der Waals surface area (Å²) in [5.74, 6) is 0.176. The number of nitrogens with zero attached hydrogens (tertiary/aromatic N) is 1. The predicted molar refractivity (Wildman–Crippen MR) is 71.9 cm³/mol. The molecule has 0 atom stereocenters. The maximum atomic E-state index is 10.9. The second-order valence-corrected chi connectivity index (χ2v) is 4.44. The molecule has 0 saturated carbocycles. The van der Waals surface area contributed by atoms with Crippen molar-refractivity contribution in [2.75, 3.05) is 0 Å². The van der Waals surface area contributed by atoms with Gasteiger partial charge in [0.1, 0.15) is 11.5 Å². The third kappa shape index (κ3) is 2.73. The van der Waals surface area contributed by atoms with Gasteiger partial charge in [-0.3, -0.25) is 0 Å². The quantitative estimate of drug-likeness (QED) is 0.914. The van der Waals surface area contributed by atoms with Crippen LogP contribution in [0.3, 0.4) is 0 Å². The van der Waals surface area contributed by atoms with E-state index in [2.05, 4.69) is 4.98 Å². The first-order chi connectivity index (χ1) is 8.99. The van der Waals surface area contributed by atoms with Crippen LogP contribution in [0, 0.1) is 20.8 Å². The number of hydrogen-bond donors (Lipinski definition) is 1. The molecule has 0 amide bonds. The zero-order valence-corrected chi connectivity index (χ0v) is 11.1. The summed E-state index contributed by atoms with van der Waals surface area (Å²) in [6.07, 6.45) is 1.43. The molecule has 1 heterocycles. The van der Waals surface area contributed by atoms with Crippen LogP contribution < -0.4 is 4.74 Å². The number of aromatic nitrogens is 1. The maximum Gasteiger partial charge on any atom is 0.354 e. The van der Waals surface area contributed by atoms with Crippen molar-refractivity contribution >= 4 is 5.97 Å². The summed E-state index contributed by atoms with van der Waals surface area (Å²) >= 11 is 0. The lowest BCUT2D eigenvalue weighted by Crippen LogP contribution is -2.00. The normalized spacial score (nSPS) is 10.3.